The molecule has 0 radical (unpaired) electrons. The van der Waals surface area contributed by atoms with Crippen LogP contribution in [-0.2, 0) is 34.8 Å². The maximum absolute atomic E-state index is 14.4. The summed E-state index contributed by atoms with van der Waals surface area (Å²) in [7, 11) is -2.06. The van der Waals surface area contributed by atoms with Crippen molar-refractivity contribution >= 4 is 21.6 Å². The van der Waals surface area contributed by atoms with Gasteiger partial charge in [-0.3, -0.25) is 4.79 Å². The van der Waals surface area contributed by atoms with E-state index in [-0.39, 0.29) is 34.6 Å². The van der Waals surface area contributed by atoms with Gasteiger partial charge in [-0.05, 0) is 71.7 Å². The van der Waals surface area contributed by atoms with Crippen molar-refractivity contribution < 1.29 is 17.6 Å². The topological polar surface area (TPSA) is 84.3 Å². The van der Waals surface area contributed by atoms with E-state index in [2.05, 4.69) is 35.7 Å². The highest BCUT2D eigenvalue weighted by Crippen LogP contribution is 2.65. The number of carbonyl (C=O) groups is 1. The average Bonchev–Trinajstić information content (AvgIpc) is 3.32. The molecule has 1 heterocycles. The number of benzene rings is 3. The maximum atomic E-state index is 14.4. The number of halogens is 1. The number of aromatic nitrogens is 2. The minimum Gasteiger partial charge on any atom is -0.337 e. The van der Waals surface area contributed by atoms with Gasteiger partial charge < -0.3 is 9.47 Å². The van der Waals surface area contributed by atoms with Gasteiger partial charge in [-0.1, -0.05) is 56.3 Å². The number of amides is 1. The third kappa shape index (κ3) is 5.27. The number of nitrogens with zero attached hydrogens (tertiary/aromatic N) is 3. The van der Waals surface area contributed by atoms with Gasteiger partial charge in [0.2, 0.25) is 15.9 Å². The predicted molar refractivity (Wildman–Crippen MR) is 160 cm³/mol. The Morgan fingerprint density at radius 2 is 1.88 bits per heavy atom. The zero-order chi connectivity index (χ0) is 29.6. The van der Waals surface area contributed by atoms with Crippen LogP contribution in [0.1, 0.15) is 61.2 Å². The quantitative estimate of drug-likeness (QED) is 0.279. The average molecular weight is 587 g/mol. The first-order chi connectivity index (χ1) is 20.1. The summed E-state index contributed by atoms with van der Waals surface area (Å²) in [5.74, 6) is 0.0464. The van der Waals surface area contributed by atoms with E-state index in [9.17, 15) is 17.6 Å². The molecule has 0 bridgehead atoms. The predicted octanol–water partition coefficient (Wildman–Crippen LogP) is 5.89. The summed E-state index contributed by atoms with van der Waals surface area (Å²) < 4.78 is 45.0. The third-order valence-corrected chi connectivity index (χ3v) is 10.4. The van der Waals surface area contributed by atoms with E-state index in [1.54, 1.807) is 11.1 Å². The van der Waals surface area contributed by atoms with Crippen LogP contribution in [0, 0.1) is 17.2 Å². The first-order valence-corrected chi connectivity index (χ1v) is 15.8. The van der Waals surface area contributed by atoms with Gasteiger partial charge in [0.15, 0.2) is 0 Å². The minimum absolute atomic E-state index is 0.0181. The molecule has 0 aliphatic heterocycles. The van der Waals surface area contributed by atoms with Crippen molar-refractivity contribution in [2.24, 2.45) is 18.4 Å². The number of anilines is 1. The number of aryl methyl sites for hydroxylation is 2. The fourth-order valence-electron chi connectivity index (χ4n) is 6.50. The molecular formula is C33H35FN4O3S. The van der Waals surface area contributed by atoms with E-state index < -0.39 is 21.9 Å². The molecule has 3 aromatic carbocycles. The number of imidazole rings is 1. The summed E-state index contributed by atoms with van der Waals surface area (Å²) in [6, 6.07) is 20.6. The summed E-state index contributed by atoms with van der Waals surface area (Å²) in [6.07, 6.45) is 5.80. The second-order valence-corrected chi connectivity index (χ2v) is 13.7. The normalized spacial score (nSPS) is 21.0. The van der Waals surface area contributed by atoms with Gasteiger partial charge >= 0.3 is 0 Å². The molecule has 3 atom stereocenters. The van der Waals surface area contributed by atoms with Gasteiger partial charge in [0.1, 0.15) is 11.6 Å². The second-order valence-electron chi connectivity index (χ2n) is 12.0. The molecule has 218 valence electrons. The van der Waals surface area contributed by atoms with Crippen molar-refractivity contribution in [2.75, 3.05) is 4.90 Å². The first kappa shape index (κ1) is 28.3. The smallest absolute Gasteiger partial charge is 0.241 e. The number of nitrogens with one attached hydrogen (secondary N) is 1. The van der Waals surface area contributed by atoms with Crippen molar-refractivity contribution in [1.82, 2.24) is 14.3 Å². The lowest BCUT2D eigenvalue weighted by Gasteiger charge is -2.30. The SMILES string of the molecule is Cn1ccnc1CN(C(=O)[C@H]1[C@H](c2ccccc2)C1(C)C)c1ccc2c(c1)[C@H](NS(=O)(=O)c1cccc(F)c1)CCC2. The lowest BCUT2D eigenvalue weighted by Crippen LogP contribution is -2.35. The Bertz CT molecular complexity index is 1730. The maximum Gasteiger partial charge on any atom is 0.241 e. The molecule has 1 N–H and O–H groups in total. The molecule has 0 unspecified atom stereocenters. The van der Waals surface area contributed by atoms with Crippen LogP contribution in [0.15, 0.2) is 90.1 Å². The van der Waals surface area contributed by atoms with Gasteiger partial charge in [0.05, 0.1) is 17.4 Å². The summed E-state index contributed by atoms with van der Waals surface area (Å²) in [5.41, 5.74) is 3.51. The van der Waals surface area contributed by atoms with Crippen LogP contribution in [0.25, 0.3) is 0 Å². The Morgan fingerprint density at radius 1 is 1.10 bits per heavy atom. The van der Waals surface area contributed by atoms with Crippen molar-refractivity contribution in [3.05, 3.63) is 114 Å². The number of sulfonamides is 1. The van der Waals surface area contributed by atoms with E-state index in [1.165, 1.54) is 18.2 Å². The van der Waals surface area contributed by atoms with Crippen LogP contribution in [0.5, 0.6) is 0 Å². The number of hydrogen-bond donors (Lipinski definition) is 1. The Hall–Kier alpha value is -3.82. The van der Waals surface area contributed by atoms with E-state index in [1.807, 2.05) is 54.2 Å². The highest BCUT2D eigenvalue weighted by molar-refractivity contribution is 7.89. The van der Waals surface area contributed by atoms with Crippen LogP contribution in [0.3, 0.4) is 0 Å². The van der Waals surface area contributed by atoms with Crippen LogP contribution in [0.4, 0.5) is 10.1 Å². The molecule has 1 aromatic heterocycles. The van der Waals surface area contributed by atoms with Crippen molar-refractivity contribution in [2.45, 2.75) is 56.5 Å². The molecule has 7 nitrogen and oxygen atoms in total. The molecule has 0 saturated heterocycles. The molecule has 1 saturated carbocycles. The molecule has 0 spiro atoms. The van der Waals surface area contributed by atoms with Gasteiger partial charge in [0, 0.05) is 37.1 Å². The van der Waals surface area contributed by atoms with Gasteiger partial charge in [-0.25, -0.2) is 22.5 Å². The molecule has 1 fully saturated rings. The Balaban J connectivity index is 1.35. The summed E-state index contributed by atoms with van der Waals surface area (Å²) in [5, 5.41) is 0. The van der Waals surface area contributed by atoms with E-state index in [0.29, 0.717) is 12.1 Å². The zero-order valence-electron chi connectivity index (χ0n) is 24.0. The molecule has 1 amide bonds. The van der Waals surface area contributed by atoms with Crippen LogP contribution >= 0.6 is 0 Å². The summed E-state index contributed by atoms with van der Waals surface area (Å²) in [6.45, 7) is 4.56. The van der Waals surface area contributed by atoms with Gasteiger partial charge in [-0.15, -0.1) is 0 Å². The summed E-state index contributed by atoms with van der Waals surface area (Å²) >= 11 is 0. The Morgan fingerprint density at radius 3 is 2.60 bits per heavy atom. The van der Waals surface area contributed by atoms with Crippen molar-refractivity contribution in [3.8, 4) is 0 Å². The second kappa shape index (κ2) is 10.8. The third-order valence-electron chi connectivity index (χ3n) is 8.90. The highest BCUT2D eigenvalue weighted by Gasteiger charge is 2.63. The number of hydrogen-bond acceptors (Lipinski definition) is 4. The van der Waals surface area contributed by atoms with E-state index in [0.717, 1.165) is 41.4 Å². The molecular weight excluding hydrogens is 551 g/mol. The van der Waals surface area contributed by atoms with Crippen LogP contribution < -0.4 is 9.62 Å². The molecule has 2 aliphatic carbocycles. The lowest BCUT2D eigenvalue weighted by atomic mass is 9.87. The van der Waals surface area contributed by atoms with E-state index >= 15 is 0 Å². The molecule has 2 aliphatic rings. The molecule has 9 heteroatoms. The number of carbonyl (C=O) groups excluding carboxylic acids is 1. The highest BCUT2D eigenvalue weighted by atomic mass is 32.2. The molecule has 42 heavy (non-hydrogen) atoms. The van der Waals surface area contributed by atoms with Crippen LogP contribution in [0.2, 0.25) is 0 Å². The van der Waals surface area contributed by atoms with Crippen molar-refractivity contribution in [1.29, 1.82) is 0 Å². The van der Waals surface area contributed by atoms with Crippen molar-refractivity contribution in [3.63, 3.8) is 0 Å². The molecule has 6 rings (SSSR count). The number of rotatable bonds is 8. The minimum atomic E-state index is -3.96. The fraction of sp³-hybridized carbons (Fsp3) is 0.333. The van der Waals surface area contributed by atoms with Gasteiger partial charge in [0.25, 0.3) is 0 Å². The van der Waals surface area contributed by atoms with Gasteiger partial charge in [-0.2, -0.15) is 0 Å². The first-order valence-electron chi connectivity index (χ1n) is 14.3. The lowest BCUT2D eigenvalue weighted by molar-refractivity contribution is -0.120. The monoisotopic (exact) mass is 586 g/mol. The Kier molecular flexibility index (Phi) is 7.27. The van der Waals surface area contributed by atoms with E-state index in [4.69, 9.17) is 0 Å². The summed E-state index contributed by atoms with van der Waals surface area (Å²) in [4.78, 5) is 20.6. The largest absolute Gasteiger partial charge is 0.337 e. The zero-order valence-corrected chi connectivity index (χ0v) is 24.8. The standard InChI is InChI=1S/C33H35FN4O3S/c1-33(2)30(23-9-5-4-6-10-23)31(33)32(39)38(21-29-35-17-18-37(29)3)25-16-15-22-11-7-14-28(27(22)20-25)36-42(40,41)26-13-8-12-24(34)19-26/h4-6,8-10,12-13,15-20,28,30-31,36H,7,11,14,21H2,1-3H3/t28-,30+,31-/m1/s1. The molecule has 4 aromatic rings. The van der Waals surface area contributed by atoms with Crippen LogP contribution in [-0.4, -0.2) is 23.9 Å². The Labute approximate surface area is 246 Å². The fourth-order valence-corrected chi connectivity index (χ4v) is 7.78. The number of fused-ring (bicyclic) bond motifs is 1.